The van der Waals surface area contributed by atoms with E-state index in [1.807, 2.05) is 13.2 Å². The third kappa shape index (κ3) is 4.39. The van der Waals surface area contributed by atoms with Crippen LogP contribution in [0.25, 0.3) is 0 Å². The van der Waals surface area contributed by atoms with E-state index in [4.69, 9.17) is 4.74 Å². The fraction of sp³-hybridized carbons (Fsp3) is 0.412. The maximum atomic E-state index is 13.3. The molecule has 23 heavy (non-hydrogen) atoms. The summed E-state index contributed by atoms with van der Waals surface area (Å²) in [5.74, 6) is 1.27. The summed E-state index contributed by atoms with van der Waals surface area (Å²) in [7, 11) is 1.92. The van der Waals surface area contributed by atoms with Gasteiger partial charge in [-0.2, -0.15) is 4.98 Å². The molecule has 3 rings (SSSR count). The zero-order valence-electron chi connectivity index (χ0n) is 13.2. The van der Waals surface area contributed by atoms with Crippen molar-refractivity contribution in [2.45, 2.75) is 25.2 Å². The zero-order chi connectivity index (χ0) is 16.1. The first-order chi connectivity index (χ1) is 11.3. The van der Waals surface area contributed by atoms with Crippen molar-refractivity contribution in [2.75, 3.05) is 25.5 Å². The Bertz CT molecular complexity index is 661. The van der Waals surface area contributed by atoms with Crippen LogP contribution < -0.4 is 15.4 Å². The molecule has 5 nitrogen and oxygen atoms in total. The summed E-state index contributed by atoms with van der Waals surface area (Å²) in [6.45, 7) is 1.51. The minimum Gasteiger partial charge on any atom is -0.477 e. The van der Waals surface area contributed by atoms with Crippen molar-refractivity contribution < 1.29 is 9.13 Å². The Morgan fingerprint density at radius 1 is 1.35 bits per heavy atom. The standard InChI is InChI=1S/C17H21FN4O/c1-19-8-3-9-23-16-15(12-6-7-12)11-20-17(22-16)21-14-5-2-4-13(18)10-14/h2,4-5,10-12,19H,3,6-9H2,1H3,(H,20,21,22). The van der Waals surface area contributed by atoms with Gasteiger partial charge in [-0.3, -0.25) is 0 Å². The Labute approximate surface area is 135 Å². The molecule has 0 saturated heterocycles. The van der Waals surface area contributed by atoms with Crippen molar-refractivity contribution >= 4 is 11.6 Å². The molecule has 1 aromatic carbocycles. The average molecular weight is 316 g/mol. The highest BCUT2D eigenvalue weighted by Crippen LogP contribution is 2.43. The monoisotopic (exact) mass is 316 g/mol. The molecule has 1 aliphatic carbocycles. The van der Waals surface area contributed by atoms with Crippen LogP contribution in [0.1, 0.15) is 30.7 Å². The molecule has 1 saturated carbocycles. The fourth-order valence-electron chi connectivity index (χ4n) is 2.34. The maximum absolute atomic E-state index is 13.3. The molecular formula is C17H21FN4O. The lowest BCUT2D eigenvalue weighted by molar-refractivity contribution is 0.295. The van der Waals surface area contributed by atoms with Crippen LogP contribution in [0, 0.1) is 5.82 Å². The van der Waals surface area contributed by atoms with E-state index >= 15 is 0 Å². The predicted octanol–water partition coefficient (Wildman–Crippen LogP) is 3.23. The second-order valence-corrected chi connectivity index (χ2v) is 5.67. The number of hydrogen-bond donors (Lipinski definition) is 2. The van der Waals surface area contributed by atoms with Gasteiger partial charge in [0, 0.05) is 17.4 Å². The number of halogens is 1. The second kappa shape index (κ2) is 7.37. The molecule has 122 valence electrons. The van der Waals surface area contributed by atoms with Gasteiger partial charge in [0.15, 0.2) is 0 Å². The molecule has 0 radical (unpaired) electrons. The van der Waals surface area contributed by atoms with Crippen LogP contribution in [-0.2, 0) is 0 Å². The molecule has 1 aliphatic rings. The number of nitrogens with one attached hydrogen (secondary N) is 2. The van der Waals surface area contributed by atoms with Crippen molar-refractivity contribution in [1.82, 2.24) is 15.3 Å². The normalized spacial score (nSPS) is 13.8. The van der Waals surface area contributed by atoms with E-state index < -0.39 is 0 Å². The van der Waals surface area contributed by atoms with Gasteiger partial charge >= 0.3 is 0 Å². The molecule has 0 unspecified atom stereocenters. The molecule has 1 aromatic heterocycles. The average Bonchev–Trinajstić information content (AvgIpc) is 3.37. The van der Waals surface area contributed by atoms with Crippen LogP contribution in [0.2, 0.25) is 0 Å². The molecule has 2 N–H and O–H groups in total. The molecule has 1 heterocycles. The highest BCUT2D eigenvalue weighted by Gasteiger charge is 2.28. The lowest BCUT2D eigenvalue weighted by Gasteiger charge is -2.12. The summed E-state index contributed by atoms with van der Waals surface area (Å²) in [6.07, 6.45) is 5.05. The summed E-state index contributed by atoms with van der Waals surface area (Å²) in [4.78, 5) is 8.80. The fourth-order valence-corrected chi connectivity index (χ4v) is 2.34. The van der Waals surface area contributed by atoms with E-state index in [-0.39, 0.29) is 5.82 Å². The first-order valence-electron chi connectivity index (χ1n) is 7.93. The van der Waals surface area contributed by atoms with Crippen LogP contribution >= 0.6 is 0 Å². The Hall–Kier alpha value is -2.21. The first-order valence-corrected chi connectivity index (χ1v) is 7.93. The predicted molar refractivity (Wildman–Crippen MR) is 87.7 cm³/mol. The lowest BCUT2D eigenvalue weighted by Crippen LogP contribution is -2.13. The van der Waals surface area contributed by atoms with E-state index in [1.165, 1.54) is 12.1 Å². The SMILES string of the molecule is CNCCCOc1nc(Nc2cccc(F)c2)ncc1C1CC1. The molecule has 0 aliphatic heterocycles. The van der Waals surface area contributed by atoms with E-state index in [2.05, 4.69) is 20.6 Å². The van der Waals surface area contributed by atoms with Crippen LogP contribution in [0.4, 0.5) is 16.0 Å². The summed E-state index contributed by atoms with van der Waals surface area (Å²) in [6, 6.07) is 6.23. The quantitative estimate of drug-likeness (QED) is 0.732. The van der Waals surface area contributed by atoms with Gasteiger partial charge in [0.2, 0.25) is 11.8 Å². The second-order valence-electron chi connectivity index (χ2n) is 5.67. The molecular weight excluding hydrogens is 295 g/mol. The van der Waals surface area contributed by atoms with E-state index in [0.717, 1.165) is 31.4 Å². The highest BCUT2D eigenvalue weighted by atomic mass is 19.1. The Kier molecular flexibility index (Phi) is 5.02. The minimum absolute atomic E-state index is 0.298. The number of rotatable bonds is 8. The number of anilines is 2. The number of ether oxygens (including phenoxy) is 1. The van der Waals surface area contributed by atoms with Crippen molar-refractivity contribution in [3.8, 4) is 5.88 Å². The van der Waals surface area contributed by atoms with Gasteiger partial charge in [-0.05, 0) is 57.0 Å². The molecule has 1 fully saturated rings. The maximum Gasteiger partial charge on any atom is 0.230 e. The van der Waals surface area contributed by atoms with Gasteiger partial charge in [0.1, 0.15) is 5.82 Å². The van der Waals surface area contributed by atoms with Gasteiger partial charge in [0.05, 0.1) is 6.61 Å². The van der Waals surface area contributed by atoms with Crippen molar-refractivity contribution in [3.05, 3.63) is 41.8 Å². The number of nitrogens with zero attached hydrogens (tertiary/aromatic N) is 2. The highest BCUT2D eigenvalue weighted by molar-refractivity contribution is 5.53. The summed E-state index contributed by atoms with van der Waals surface area (Å²) in [5.41, 5.74) is 1.68. The molecule has 2 aromatic rings. The number of hydrogen-bond acceptors (Lipinski definition) is 5. The van der Waals surface area contributed by atoms with Gasteiger partial charge in [-0.1, -0.05) is 6.07 Å². The Morgan fingerprint density at radius 3 is 2.96 bits per heavy atom. The summed E-state index contributed by atoms with van der Waals surface area (Å²) in [5, 5.41) is 6.11. The molecule has 6 heteroatoms. The van der Waals surface area contributed by atoms with Gasteiger partial charge < -0.3 is 15.4 Å². The van der Waals surface area contributed by atoms with E-state index in [0.29, 0.717) is 30.0 Å². The van der Waals surface area contributed by atoms with Gasteiger partial charge in [0.25, 0.3) is 0 Å². The summed E-state index contributed by atoms with van der Waals surface area (Å²) < 4.78 is 19.1. The van der Waals surface area contributed by atoms with Gasteiger partial charge in [-0.15, -0.1) is 0 Å². The number of benzene rings is 1. The zero-order valence-corrected chi connectivity index (χ0v) is 13.2. The molecule has 0 bridgehead atoms. The molecule has 0 spiro atoms. The van der Waals surface area contributed by atoms with Crippen LogP contribution in [-0.4, -0.2) is 30.2 Å². The minimum atomic E-state index is -0.298. The van der Waals surface area contributed by atoms with E-state index in [1.54, 1.807) is 12.1 Å². The largest absolute Gasteiger partial charge is 0.477 e. The third-order valence-electron chi connectivity index (χ3n) is 3.69. The Morgan fingerprint density at radius 2 is 2.22 bits per heavy atom. The smallest absolute Gasteiger partial charge is 0.230 e. The van der Waals surface area contributed by atoms with Crippen LogP contribution in [0.15, 0.2) is 30.5 Å². The van der Waals surface area contributed by atoms with Gasteiger partial charge in [-0.25, -0.2) is 9.37 Å². The topological polar surface area (TPSA) is 59.1 Å². The van der Waals surface area contributed by atoms with Crippen molar-refractivity contribution in [1.29, 1.82) is 0 Å². The van der Waals surface area contributed by atoms with Crippen molar-refractivity contribution in [3.63, 3.8) is 0 Å². The Balaban J connectivity index is 1.73. The first kappa shape index (κ1) is 15.7. The van der Waals surface area contributed by atoms with E-state index in [9.17, 15) is 4.39 Å². The van der Waals surface area contributed by atoms with Crippen LogP contribution in [0.3, 0.4) is 0 Å². The number of aromatic nitrogens is 2. The molecule has 0 atom stereocenters. The summed E-state index contributed by atoms with van der Waals surface area (Å²) >= 11 is 0. The van der Waals surface area contributed by atoms with Crippen LogP contribution in [0.5, 0.6) is 5.88 Å². The lowest BCUT2D eigenvalue weighted by atomic mass is 10.2. The van der Waals surface area contributed by atoms with Crippen molar-refractivity contribution in [2.24, 2.45) is 0 Å². The molecule has 0 amide bonds. The third-order valence-corrected chi connectivity index (χ3v) is 3.69.